The number of fused-ring (bicyclic) bond motifs is 3. The van der Waals surface area contributed by atoms with Crippen molar-refractivity contribution >= 4 is 36.6 Å². The predicted molar refractivity (Wildman–Crippen MR) is 115 cm³/mol. The highest BCUT2D eigenvalue weighted by molar-refractivity contribution is 7.50. The van der Waals surface area contributed by atoms with Crippen LogP contribution in [0.15, 0.2) is 60.7 Å². The quantitative estimate of drug-likeness (QED) is 0.316. The van der Waals surface area contributed by atoms with Gasteiger partial charge in [0.05, 0.1) is 6.61 Å². The van der Waals surface area contributed by atoms with Crippen LogP contribution in [0.2, 0.25) is 0 Å². The molecule has 1 atom stereocenters. The van der Waals surface area contributed by atoms with E-state index < -0.39 is 6.10 Å². The standard InChI is InChI=1S/C24H21O3S/c1-15-3-9-22-19(13-15)20-14-16(2)4-10-23(20)28(22)18-7-5-17(6-8-18)27-21-11-12-26-24(21)25/h3-10,13-14,21H,11-12H2,1-2H3/q+1. The number of thiophene rings is 1. The molecule has 140 valence electrons. The van der Waals surface area contributed by atoms with Gasteiger partial charge in [-0.1, -0.05) is 23.3 Å². The Morgan fingerprint density at radius 3 is 2.04 bits per heavy atom. The largest absolute Gasteiger partial charge is 0.479 e. The van der Waals surface area contributed by atoms with E-state index in [4.69, 9.17) is 9.47 Å². The summed E-state index contributed by atoms with van der Waals surface area (Å²) in [7, 11) is -0.123. The van der Waals surface area contributed by atoms with Crippen LogP contribution in [0.4, 0.5) is 0 Å². The normalized spacial score (nSPS) is 16.6. The molecule has 0 amide bonds. The van der Waals surface area contributed by atoms with E-state index in [9.17, 15) is 4.79 Å². The summed E-state index contributed by atoms with van der Waals surface area (Å²) >= 11 is 0. The van der Waals surface area contributed by atoms with Crippen molar-refractivity contribution in [2.75, 3.05) is 6.61 Å². The van der Waals surface area contributed by atoms with E-state index in [0.29, 0.717) is 18.8 Å². The van der Waals surface area contributed by atoms with Gasteiger partial charge in [-0.25, -0.2) is 4.79 Å². The van der Waals surface area contributed by atoms with E-state index in [1.165, 1.54) is 36.2 Å². The van der Waals surface area contributed by atoms with Gasteiger partial charge in [0, 0.05) is 39.8 Å². The van der Waals surface area contributed by atoms with Crippen molar-refractivity contribution in [3.8, 4) is 10.6 Å². The van der Waals surface area contributed by atoms with Gasteiger partial charge in [0.1, 0.15) is 5.75 Å². The molecule has 1 aliphatic heterocycles. The minimum atomic E-state index is -0.479. The molecular formula is C24H21O3S+. The summed E-state index contributed by atoms with van der Waals surface area (Å²) in [5.41, 5.74) is 2.56. The third-order valence-corrected chi connectivity index (χ3v) is 7.56. The molecule has 1 fully saturated rings. The second kappa shape index (κ2) is 6.64. The van der Waals surface area contributed by atoms with Crippen molar-refractivity contribution in [2.24, 2.45) is 0 Å². The summed E-state index contributed by atoms with van der Waals surface area (Å²) in [5.74, 6) is 0.444. The first kappa shape index (κ1) is 17.3. The van der Waals surface area contributed by atoms with Crippen LogP contribution in [0.1, 0.15) is 17.5 Å². The van der Waals surface area contributed by atoms with Crippen molar-refractivity contribution in [3.63, 3.8) is 0 Å². The average Bonchev–Trinajstić information content (AvgIpc) is 3.23. The summed E-state index contributed by atoms with van der Waals surface area (Å²) in [5, 5.41) is 2.69. The van der Waals surface area contributed by atoms with Crippen LogP contribution in [0.5, 0.6) is 5.75 Å². The number of hydrogen-bond acceptors (Lipinski definition) is 3. The molecule has 5 rings (SSSR count). The zero-order chi connectivity index (χ0) is 19.3. The highest BCUT2D eigenvalue weighted by atomic mass is 32.2. The number of hydrogen-bond donors (Lipinski definition) is 0. The molecular weight excluding hydrogens is 368 g/mol. The topological polar surface area (TPSA) is 35.5 Å². The number of carbonyl (C=O) groups excluding carboxylic acids is 1. The van der Waals surface area contributed by atoms with Gasteiger partial charge in [0.15, 0.2) is 20.4 Å². The van der Waals surface area contributed by atoms with Crippen LogP contribution in [0.3, 0.4) is 0 Å². The van der Waals surface area contributed by atoms with Gasteiger partial charge in [-0.2, -0.15) is 0 Å². The maximum Gasteiger partial charge on any atom is 0.347 e. The second-order valence-corrected chi connectivity index (χ2v) is 9.30. The van der Waals surface area contributed by atoms with Gasteiger partial charge in [-0.3, -0.25) is 0 Å². The van der Waals surface area contributed by atoms with Crippen molar-refractivity contribution in [2.45, 2.75) is 26.4 Å². The molecule has 1 saturated heterocycles. The molecule has 4 aromatic rings. The maximum absolute atomic E-state index is 11.6. The zero-order valence-corrected chi connectivity index (χ0v) is 16.7. The van der Waals surface area contributed by atoms with E-state index in [1.54, 1.807) is 0 Å². The fraction of sp³-hybridized carbons (Fsp3) is 0.208. The van der Waals surface area contributed by atoms with Gasteiger partial charge >= 0.3 is 5.97 Å². The lowest BCUT2D eigenvalue weighted by atomic mass is 10.1. The number of aryl methyl sites for hydroxylation is 2. The molecule has 1 unspecified atom stereocenters. The molecule has 3 nitrogen and oxygen atoms in total. The summed E-state index contributed by atoms with van der Waals surface area (Å²) in [4.78, 5) is 12.9. The minimum Gasteiger partial charge on any atom is -0.479 e. The Hall–Kier alpha value is -2.85. The smallest absolute Gasteiger partial charge is 0.347 e. The lowest BCUT2D eigenvalue weighted by Crippen LogP contribution is -2.21. The SMILES string of the molecule is Cc1ccc2c(c1)c1cc(C)ccc1[s+]2-c1ccc(OC2CCOC2=O)cc1. The van der Waals surface area contributed by atoms with Gasteiger partial charge in [0.25, 0.3) is 0 Å². The van der Waals surface area contributed by atoms with E-state index >= 15 is 0 Å². The highest BCUT2D eigenvalue weighted by Crippen LogP contribution is 2.49. The van der Waals surface area contributed by atoms with E-state index in [2.05, 4.69) is 62.4 Å². The molecule has 4 heteroatoms. The Bertz CT molecular complexity index is 1140. The fourth-order valence-corrected chi connectivity index (χ4v) is 6.18. The molecule has 0 spiro atoms. The molecule has 2 heterocycles. The molecule has 0 bridgehead atoms. The van der Waals surface area contributed by atoms with Gasteiger partial charge in [-0.15, -0.1) is 0 Å². The number of carbonyl (C=O) groups is 1. The molecule has 0 aliphatic carbocycles. The third kappa shape index (κ3) is 2.85. The van der Waals surface area contributed by atoms with Gasteiger partial charge in [0.2, 0.25) is 0 Å². The van der Waals surface area contributed by atoms with Crippen molar-refractivity contribution in [1.29, 1.82) is 0 Å². The Balaban J connectivity index is 1.61. The Morgan fingerprint density at radius 1 is 0.893 bits per heavy atom. The summed E-state index contributed by atoms with van der Waals surface area (Å²) in [6, 6.07) is 21.7. The summed E-state index contributed by atoms with van der Waals surface area (Å²) < 4.78 is 13.5. The molecule has 1 aliphatic rings. The number of ether oxygens (including phenoxy) is 2. The maximum atomic E-state index is 11.6. The highest BCUT2D eigenvalue weighted by Gasteiger charge is 2.29. The van der Waals surface area contributed by atoms with Crippen LogP contribution >= 0.6 is 10.5 Å². The first-order valence-corrected chi connectivity index (χ1v) is 10.7. The molecule has 3 aromatic carbocycles. The van der Waals surface area contributed by atoms with E-state index in [-0.39, 0.29) is 16.4 Å². The first-order valence-electron chi connectivity index (χ1n) is 9.49. The Kier molecular flexibility index (Phi) is 4.09. The predicted octanol–water partition coefficient (Wildman–Crippen LogP) is 6.04. The van der Waals surface area contributed by atoms with Crippen molar-refractivity contribution in [3.05, 3.63) is 71.8 Å². The lowest BCUT2D eigenvalue weighted by Gasteiger charge is -2.09. The number of rotatable bonds is 3. The first-order chi connectivity index (χ1) is 13.6. The van der Waals surface area contributed by atoms with Crippen LogP contribution in [-0.2, 0) is 9.53 Å². The van der Waals surface area contributed by atoms with Gasteiger partial charge < -0.3 is 9.47 Å². The third-order valence-electron chi connectivity index (χ3n) is 5.23. The Labute approximate surface area is 166 Å². The van der Waals surface area contributed by atoms with Crippen molar-refractivity contribution < 1.29 is 14.3 Å². The zero-order valence-electron chi connectivity index (χ0n) is 15.9. The Morgan fingerprint density at radius 2 is 1.50 bits per heavy atom. The average molecular weight is 389 g/mol. The summed E-state index contributed by atoms with van der Waals surface area (Å²) in [6.07, 6.45) is 0.136. The van der Waals surface area contributed by atoms with E-state index in [0.717, 1.165) is 0 Å². The molecule has 1 aromatic heterocycles. The van der Waals surface area contributed by atoms with Crippen LogP contribution < -0.4 is 4.74 Å². The van der Waals surface area contributed by atoms with Gasteiger partial charge in [-0.05, 0) is 50.2 Å². The number of benzene rings is 3. The fourth-order valence-electron chi connectivity index (χ4n) is 3.84. The lowest BCUT2D eigenvalue weighted by molar-refractivity contribution is -0.143. The molecule has 0 saturated carbocycles. The monoisotopic (exact) mass is 389 g/mol. The van der Waals surface area contributed by atoms with Crippen molar-refractivity contribution in [1.82, 2.24) is 0 Å². The van der Waals surface area contributed by atoms with E-state index in [1.807, 2.05) is 12.1 Å². The van der Waals surface area contributed by atoms with Crippen LogP contribution in [0, 0.1) is 13.8 Å². The number of esters is 1. The molecule has 0 radical (unpaired) electrons. The second-order valence-electron chi connectivity index (χ2n) is 7.34. The molecule has 0 N–H and O–H groups in total. The molecule has 28 heavy (non-hydrogen) atoms. The van der Waals surface area contributed by atoms with Crippen LogP contribution in [-0.4, -0.2) is 18.7 Å². The minimum absolute atomic E-state index is 0.123. The number of cyclic esters (lactones) is 1. The van der Waals surface area contributed by atoms with Crippen LogP contribution in [0.25, 0.3) is 25.1 Å². The summed E-state index contributed by atoms with van der Waals surface area (Å²) in [6.45, 7) is 4.73.